The zero-order chi connectivity index (χ0) is 10.5. The molecule has 0 radical (unpaired) electrons. The summed E-state index contributed by atoms with van der Waals surface area (Å²) in [4.78, 5) is 8.51. The molecular formula is C11H19ClN4. The predicted octanol–water partition coefficient (Wildman–Crippen LogP) is 1.62. The van der Waals surface area contributed by atoms with Crippen molar-refractivity contribution >= 4 is 18.4 Å². The molecule has 2 heterocycles. The lowest BCUT2D eigenvalue weighted by molar-refractivity contribution is 0.389. The molecule has 1 aromatic heterocycles. The normalized spacial score (nSPS) is 16.6. The molecule has 0 aliphatic carbocycles. The first-order valence-corrected chi connectivity index (χ1v) is 5.59. The largest absolute Gasteiger partial charge is 0.354 e. The van der Waals surface area contributed by atoms with Crippen molar-refractivity contribution in [1.82, 2.24) is 15.3 Å². The van der Waals surface area contributed by atoms with Crippen LogP contribution < -0.4 is 10.6 Å². The Hall–Kier alpha value is -0.870. The van der Waals surface area contributed by atoms with Gasteiger partial charge in [0.15, 0.2) is 0 Å². The number of halogens is 1. The maximum absolute atomic E-state index is 4.32. The monoisotopic (exact) mass is 242 g/mol. The molecule has 16 heavy (non-hydrogen) atoms. The van der Waals surface area contributed by atoms with Gasteiger partial charge in [-0.05, 0) is 44.8 Å². The lowest BCUT2D eigenvalue weighted by Crippen LogP contribution is -2.31. The minimum absolute atomic E-state index is 0. The van der Waals surface area contributed by atoms with E-state index in [1.165, 1.54) is 12.8 Å². The Morgan fingerprint density at radius 1 is 1.44 bits per heavy atom. The molecule has 0 spiro atoms. The molecular weight excluding hydrogens is 224 g/mol. The van der Waals surface area contributed by atoms with Crippen LogP contribution in [0.4, 0.5) is 5.95 Å². The van der Waals surface area contributed by atoms with Gasteiger partial charge in [0.05, 0.1) is 0 Å². The summed E-state index contributed by atoms with van der Waals surface area (Å²) in [6.45, 7) is 5.25. The standard InChI is InChI=1S/C11H18N4.ClH/c1-9-2-7-13-11(15-9)14-8-10-3-5-12-6-4-10;/h2,7,10,12H,3-6,8H2,1H3,(H,13,14,15);1H. The van der Waals surface area contributed by atoms with Gasteiger partial charge >= 0.3 is 0 Å². The molecule has 2 rings (SSSR count). The van der Waals surface area contributed by atoms with E-state index >= 15 is 0 Å². The second kappa shape index (κ2) is 6.66. The molecule has 4 nitrogen and oxygen atoms in total. The first kappa shape index (κ1) is 13.2. The number of nitrogens with one attached hydrogen (secondary N) is 2. The minimum Gasteiger partial charge on any atom is -0.354 e. The van der Waals surface area contributed by atoms with E-state index in [9.17, 15) is 0 Å². The fourth-order valence-corrected chi connectivity index (χ4v) is 1.86. The Kier molecular flexibility index (Phi) is 5.49. The van der Waals surface area contributed by atoms with E-state index in [2.05, 4.69) is 20.6 Å². The van der Waals surface area contributed by atoms with Crippen molar-refractivity contribution in [2.45, 2.75) is 19.8 Å². The van der Waals surface area contributed by atoms with Crippen LogP contribution in [0.25, 0.3) is 0 Å². The van der Waals surface area contributed by atoms with Gasteiger partial charge in [0.1, 0.15) is 0 Å². The molecule has 0 amide bonds. The van der Waals surface area contributed by atoms with Gasteiger partial charge in [-0.2, -0.15) is 0 Å². The van der Waals surface area contributed by atoms with Gasteiger partial charge in [0.2, 0.25) is 5.95 Å². The zero-order valence-corrected chi connectivity index (χ0v) is 10.4. The van der Waals surface area contributed by atoms with Crippen LogP contribution in [0.5, 0.6) is 0 Å². The Labute approximate surface area is 103 Å². The Morgan fingerprint density at radius 3 is 2.88 bits per heavy atom. The molecule has 1 aliphatic rings. The van der Waals surface area contributed by atoms with E-state index in [4.69, 9.17) is 0 Å². The minimum atomic E-state index is 0. The molecule has 2 N–H and O–H groups in total. The molecule has 1 fully saturated rings. The fourth-order valence-electron chi connectivity index (χ4n) is 1.86. The third kappa shape index (κ3) is 3.94. The van der Waals surface area contributed by atoms with Crippen molar-refractivity contribution in [3.05, 3.63) is 18.0 Å². The van der Waals surface area contributed by atoms with Crippen molar-refractivity contribution in [2.75, 3.05) is 25.0 Å². The molecule has 0 saturated carbocycles. The third-order valence-electron chi connectivity index (χ3n) is 2.80. The highest BCUT2D eigenvalue weighted by Crippen LogP contribution is 2.11. The van der Waals surface area contributed by atoms with E-state index in [0.29, 0.717) is 0 Å². The van der Waals surface area contributed by atoms with Crippen LogP contribution in [0.1, 0.15) is 18.5 Å². The summed E-state index contributed by atoms with van der Waals surface area (Å²) >= 11 is 0. The van der Waals surface area contributed by atoms with E-state index in [-0.39, 0.29) is 12.4 Å². The van der Waals surface area contributed by atoms with Crippen molar-refractivity contribution in [2.24, 2.45) is 5.92 Å². The smallest absolute Gasteiger partial charge is 0.222 e. The third-order valence-corrected chi connectivity index (χ3v) is 2.80. The molecule has 0 aromatic carbocycles. The fraction of sp³-hybridized carbons (Fsp3) is 0.636. The molecule has 5 heteroatoms. The van der Waals surface area contributed by atoms with Gasteiger partial charge in [-0.3, -0.25) is 0 Å². The average Bonchev–Trinajstić information content (AvgIpc) is 2.28. The summed E-state index contributed by atoms with van der Waals surface area (Å²) in [7, 11) is 0. The van der Waals surface area contributed by atoms with Crippen LogP contribution in [0, 0.1) is 12.8 Å². The Bertz CT molecular complexity index is 313. The van der Waals surface area contributed by atoms with Crippen molar-refractivity contribution < 1.29 is 0 Å². The summed E-state index contributed by atoms with van der Waals surface area (Å²) in [5.74, 6) is 1.52. The van der Waals surface area contributed by atoms with Gasteiger partial charge in [-0.25, -0.2) is 9.97 Å². The predicted molar refractivity (Wildman–Crippen MR) is 68.1 cm³/mol. The van der Waals surface area contributed by atoms with Gasteiger partial charge in [0, 0.05) is 18.4 Å². The van der Waals surface area contributed by atoms with Gasteiger partial charge in [-0.15, -0.1) is 12.4 Å². The van der Waals surface area contributed by atoms with E-state index in [1.54, 1.807) is 6.20 Å². The van der Waals surface area contributed by atoms with Crippen LogP contribution >= 0.6 is 12.4 Å². The first-order valence-electron chi connectivity index (χ1n) is 5.59. The number of piperidine rings is 1. The highest BCUT2D eigenvalue weighted by atomic mass is 35.5. The first-order chi connectivity index (χ1) is 7.34. The highest BCUT2D eigenvalue weighted by Gasteiger charge is 2.12. The molecule has 1 saturated heterocycles. The summed E-state index contributed by atoms with van der Waals surface area (Å²) < 4.78 is 0. The van der Waals surface area contributed by atoms with Crippen LogP contribution in [0.3, 0.4) is 0 Å². The topological polar surface area (TPSA) is 49.8 Å². The highest BCUT2D eigenvalue weighted by molar-refractivity contribution is 5.85. The van der Waals surface area contributed by atoms with Gasteiger partial charge in [0.25, 0.3) is 0 Å². The second-order valence-corrected chi connectivity index (χ2v) is 4.10. The van der Waals surface area contributed by atoms with Crippen molar-refractivity contribution in [1.29, 1.82) is 0 Å². The maximum Gasteiger partial charge on any atom is 0.222 e. The lowest BCUT2D eigenvalue weighted by Gasteiger charge is -2.22. The number of rotatable bonds is 3. The zero-order valence-electron chi connectivity index (χ0n) is 9.57. The van der Waals surface area contributed by atoms with E-state index in [0.717, 1.165) is 37.2 Å². The summed E-state index contributed by atoms with van der Waals surface area (Å²) in [6.07, 6.45) is 4.30. The molecule has 90 valence electrons. The number of anilines is 1. The van der Waals surface area contributed by atoms with Crippen molar-refractivity contribution in [3.63, 3.8) is 0 Å². The molecule has 0 unspecified atom stereocenters. The SMILES string of the molecule is Cc1ccnc(NCC2CCNCC2)n1.Cl. The van der Waals surface area contributed by atoms with Crippen LogP contribution in [-0.4, -0.2) is 29.6 Å². The van der Waals surface area contributed by atoms with E-state index in [1.807, 2.05) is 13.0 Å². The summed E-state index contributed by atoms with van der Waals surface area (Å²) in [5, 5.41) is 6.67. The number of hydrogen-bond donors (Lipinski definition) is 2. The summed E-state index contributed by atoms with van der Waals surface area (Å²) in [5.41, 5.74) is 1.01. The Morgan fingerprint density at radius 2 is 2.19 bits per heavy atom. The maximum atomic E-state index is 4.32. The van der Waals surface area contributed by atoms with Gasteiger partial charge in [-0.1, -0.05) is 0 Å². The molecule has 0 bridgehead atoms. The van der Waals surface area contributed by atoms with E-state index < -0.39 is 0 Å². The van der Waals surface area contributed by atoms with Crippen LogP contribution in [0.15, 0.2) is 12.3 Å². The Balaban J connectivity index is 0.00000128. The number of aryl methyl sites for hydroxylation is 1. The number of hydrogen-bond acceptors (Lipinski definition) is 4. The average molecular weight is 243 g/mol. The molecule has 1 aliphatic heterocycles. The quantitative estimate of drug-likeness (QED) is 0.846. The number of aromatic nitrogens is 2. The van der Waals surface area contributed by atoms with Crippen molar-refractivity contribution in [3.8, 4) is 0 Å². The van der Waals surface area contributed by atoms with Crippen LogP contribution in [0.2, 0.25) is 0 Å². The summed E-state index contributed by atoms with van der Waals surface area (Å²) in [6, 6.07) is 1.91. The second-order valence-electron chi connectivity index (χ2n) is 4.10. The molecule has 0 atom stereocenters. The molecule has 1 aromatic rings. The number of nitrogens with zero attached hydrogens (tertiary/aromatic N) is 2. The lowest BCUT2D eigenvalue weighted by atomic mass is 9.98. The van der Waals surface area contributed by atoms with Gasteiger partial charge < -0.3 is 10.6 Å². The van der Waals surface area contributed by atoms with Crippen LogP contribution in [-0.2, 0) is 0 Å².